The lowest BCUT2D eigenvalue weighted by atomic mass is 9.68. The van der Waals surface area contributed by atoms with E-state index in [1.54, 1.807) is 0 Å². The number of anilines is 1. The van der Waals surface area contributed by atoms with Gasteiger partial charge in [0.2, 0.25) is 5.91 Å². The first kappa shape index (κ1) is 15.1. The molecule has 0 aliphatic carbocycles. The zero-order valence-corrected chi connectivity index (χ0v) is 14.0. The maximum absolute atomic E-state index is 13.2. The molecule has 7 heteroatoms. The number of aromatic nitrogens is 2. The van der Waals surface area contributed by atoms with Crippen LogP contribution in [0.4, 0.5) is 5.82 Å². The summed E-state index contributed by atoms with van der Waals surface area (Å²) in [6.45, 7) is 7.88. The first-order chi connectivity index (χ1) is 11.0. The van der Waals surface area contributed by atoms with Crippen LogP contribution in [0.2, 0.25) is 0 Å². The first-order valence-corrected chi connectivity index (χ1v) is 8.37. The van der Waals surface area contributed by atoms with Gasteiger partial charge in [0.25, 0.3) is 0 Å². The van der Waals surface area contributed by atoms with Gasteiger partial charge in [-0.3, -0.25) is 9.48 Å². The summed E-state index contributed by atoms with van der Waals surface area (Å²) in [7, 11) is 1.95. The standard InChI is InChI=1S/C16H25N5O2/c1-15(2)16(9-18-6-10(16)8-23-15)14(22)19-13-11-7-17-5-4-12(11)21(3)20-13/h10,17-18H,4-9H2,1-3H3,(H,19,20,22). The number of rotatable bonds is 2. The van der Waals surface area contributed by atoms with Crippen molar-refractivity contribution in [3.8, 4) is 0 Å². The van der Waals surface area contributed by atoms with Crippen molar-refractivity contribution >= 4 is 11.7 Å². The molecule has 1 aromatic rings. The number of amides is 1. The number of carbonyl (C=O) groups is 1. The molecule has 3 aliphatic rings. The molecule has 3 aliphatic heterocycles. The maximum atomic E-state index is 13.2. The summed E-state index contributed by atoms with van der Waals surface area (Å²) in [4.78, 5) is 13.2. The largest absolute Gasteiger partial charge is 0.374 e. The quantitative estimate of drug-likeness (QED) is 0.716. The highest BCUT2D eigenvalue weighted by atomic mass is 16.5. The molecule has 4 rings (SSSR count). The molecule has 1 amide bonds. The summed E-state index contributed by atoms with van der Waals surface area (Å²) in [5, 5.41) is 14.4. The number of carbonyl (C=O) groups excluding carboxylic acids is 1. The minimum atomic E-state index is -0.528. The number of nitrogens with zero attached hydrogens (tertiary/aromatic N) is 2. The molecule has 2 atom stereocenters. The number of hydrogen-bond donors (Lipinski definition) is 3. The van der Waals surface area contributed by atoms with Gasteiger partial charge < -0.3 is 20.7 Å². The Labute approximate surface area is 136 Å². The van der Waals surface area contributed by atoms with Gasteiger partial charge >= 0.3 is 0 Å². The lowest BCUT2D eigenvalue weighted by Crippen LogP contribution is -2.53. The molecule has 0 saturated carbocycles. The number of fused-ring (bicyclic) bond motifs is 2. The average molecular weight is 319 g/mol. The highest BCUT2D eigenvalue weighted by Gasteiger charge is 2.63. The number of hydrogen-bond acceptors (Lipinski definition) is 5. The van der Waals surface area contributed by atoms with Crippen molar-refractivity contribution in [2.45, 2.75) is 32.4 Å². The molecule has 0 radical (unpaired) electrons. The molecule has 23 heavy (non-hydrogen) atoms. The van der Waals surface area contributed by atoms with Crippen molar-refractivity contribution in [3.63, 3.8) is 0 Å². The molecule has 3 N–H and O–H groups in total. The minimum absolute atomic E-state index is 0.0291. The van der Waals surface area contributed by atoms with E-state index in [1.165, 1.54) is 5.69 Å². The van der Waals surface area contributed by atoms with E-state index < -0.39 is 11.0 Å². The van der Waals surface area contributed by atoms with Gasteiger partial charge in [0.05, 0.1) is 17.6 Å². The van der Waals surface area contributed by atoms with Crippen LogP contribution in [0, 0.1) is 11.3 Å². The molecule has 0 aromatic carbocycles. The lowest BCUT2D eigenvalue weighted by Gasteiger charge is -2.37. The Balaban J connectivity index is 1.66. The van der Waals surface area contributed by atoms with Crippen LogP contribution in [-0.2, 0) is 29.5 Å². The summed E-state index contributed by atoms with van der Waals surface area (Å²) in [5.74, 6) is 0.944. The SMILES string of the molecule is Cn1nc(NC(=O)C23CNCC2COC3(C)C)c2c1CCNC2. The fourth-order valence-electron chi connectivity index (χ4n) is 4.49. The van der Waals surface area contributed by atoms with Gasteiger partial charge in [-0.05, 0) is 13.8 Å². The molecule has 4 heterocycles. The van der Waals surface area contributed by atoms with Crippen molar-refractivity contribution in [1.29, 1.82) is 0 Å². The second kappa shape index (κ2) is 5.03. The molecule has 1 aromatic heterocycles. The van der Waals surface area contributed by atoms with Crippen molar-refractivity contribution < 1.29 is 9.53 Å². The molecule has 7 nitrogen and oxygen atoms in total. The van der Waals surface area contributed by atoms with Crippen LogP contribution >= 0.6 is 0 Å². The van der Waals surface area contributed by atoms with Crippen molar-refractivity contribution in [1.82, 2.24) is 20.4 Å². The molecule has 2 fully saturated rings. The van der Waals surface area contributed by atoms with E-state index in [0.717, 1.165) is 31.6 Å². The van der Waals surface area contributed by atoms with Gasteiger partial charge in [0.15, 0.2) is 5.82 Å². The van der Waals surface area contributed by atoms with E-state index in [1.807, 2.05) is 25.6 Å². The van der Waals surface area contributed by atoms with Crippen LogP contribution in [-0.4, -0.2) is 47.5 Å². The molecule has 0 bridgehead atoms. The Morgan fingerprint density at radius 2 is 2.26 bits per heavy atom. The third-order valence-electron chi connectivity index (χ3n) is 5.96. The molecular weight excluding hydrogens is 294 g/mol. The predicted octanol–water partition coefficient (Wildman–Crippen LogP) is 0.0189. The third-order valence-corrected chi connectivity index (χ3v) is 5.96. The zero-order chi connectivity index (χ0) is 16.2. The summed E-state index contributed by atoms with van der Waals surface area (Å²) < 4.78 is 7.84. The number of ether oxygens (including phenoxy) is 1. The van der Waals surface area contributed by atoms with E-state index in [9.17, 15) is 4.79 Å². The second-order valence-electron chi connectivity index (χ2n) is 7.40. The molecule has 0 spiro atoms. The Hall–Kier alpha value is -1.44. The van der Waals surface area contributed by atoms with Gasteiger partial charge in [-0.2, -0.15) is 5.10 Å². The van der Waals surface area contributed by atoms with Crippen LogP contribution < -0.4 is 16.0 Å². The van der Waals surface area contributed by atoms with Gasteiger partial charge in [-0.1, -0.05) is 0 Å². The predicted molar refractivity (Wildman–Crippen MR) is 86.1 cm³/mol. The van der Waals surface area contributed by atoms with E-state index >= 15 is 0 Å². The molecule has 126 valence electrons. The second-order valence-corrected chi connectivity index (χ2v) is 7.40. The topological polar surface area (TPSA) is 80.2 Å². The van der Waals surface area contributed by atoms with Crippen LogP contribution in [0.1, 0.15) is 25.1 Å². The summed E-state index contributed by atoms with van der Waals surface area (Å²) >= 11 is 0. The fourth-order valence-corrected chi connectivity index (χ4v) is 4.49. The average Bonchev–Trinajstić information content (AvgIpc) is 3.15. The first-order valence-electron chi connectivity index (χ1n) is 8.37. The van der Waals surface area contributed by atoms with E-state index in [0.29, 0.717) is 19.0 Å². The highest BCUT2D eigenvalue weighted by Crippen LogP contribution is 2.50. The van der Waals surface area contributed by atoms with Crippen molar-refractivity contribution in [2.24, 2.45) is 18.4 Å². The Bertz CT molecular complexity index is 653. The maximum Gasteiger partial charge on any atom is 0.236 e. The normalized spacial score (nSPS) is 31.7. The molecule has 2 saturated heterocycles. The van der Waals surface area contributed by atoms with Crippen molar-refractivity contribution in [3.05, 3.63) is 11.3 Å². The molecular formula is C16H25N5O2. The van der Waals surface area contributed by atoms with E-state index in [-0.39, 0.29) is 11.8 Å². The van der Waals surface area contributed by atoms with Crippen LogP contribution in [0.3, 0.4) is 0 Å². The summed E-state index contributed by atoms with van der Waals surface area (Å²) in [6.07, 6.45) is 0.943. The van der Waals surface area contributed by atoms with Gasteiger partial charge in [0, 0.05) is 56.8 Å². The van der Waals surface area contributed by atoms with Crippen LogP contribution in [0.5, 0.6) is 0 Å². The summed E-state index contributed by atoms with van der Waals surface area (Å²) in [5.41, 5.74) is 1.32. The van der Waals surface area contributed by atoms with Gasteiger partial charge in [-0.25, -0.2) is 0 Å². The van der Waals surface area contributed by atoms with Crippen LogP contribution in [0.25, 0.3) is 0 Å². The summed E-state index contributed by atoms with van der Waals surface area (Å²) in [6, 6.07) is 0. The fraction of sp³-hybridized carbons (Fsp3) is 0.750. The van der Waals surface area contributed by atoms with E-state index in [4.69, 9.17) is 4.74 Å². The minimum Gasteiger partial charge on any atom is -0.374 e. The smallest absolute Gasteiger partial charge is 0.236 e. The van der Waals surface area contributed by atoms with E-state index in [2.05, 4.69) is 21.0 Å². The monoisotopic (exact) mass is 319 g/mol. The van der Waals surface area contributed by atoms with Crippen LogP contribution in [0.15, 0.2) is 0 Å². The van der Waals surface area contributed by atoms with Gasteiger partial charge in [-0.15, -0.1) is 0 Å². The zero-order valence-electron chi connectivity index (χ0n) is 14.0. The third kappa shape index (κ3) is 2.00. The Morgan fingerprint density at radius 1 is 1.43 bits per heavy atom. The molecule has 2 unspecified atom stereocenters. The lowest BCUT2D eigenvalue weighted by molar-refractivity contribution is -0.134. The number of nitrogens with one attached hydrogen (secondary N) is 3. The van der Waals surface area contributed by atoms with Gasteiger partial charge in [0.1, 0.15) is 0 Å². The Kier molecular flexibility index (Phi) is 3.30. The van der Waals surface area contributed by atoms with Crippen molar-refractivity contribution in [2.75, 3.05) is 31.6 Å². The highest BCUT2D eigenvalue weighted by molar-refractivity contribution is 5.97. The number of aryl methyl sites for hydroxylation is 1. The Morgan fingerprint density at radius 3 is 3.09 bits per heavy atom.